The molecule has 27 heavy (non-hydrogen) atoms. The van der Waals surface area contributed by atoms with Crippen molar-refractivity contribution in [1.29, 1.82) is 0 Å². The van der Waals surface area contributed by atoms with Gasteiger partial charge in [-0.2, -0.15) is 0 Å². The summed E-state index contributed by atoms with van der Waals surface area (Å²) >= 11 is 6.03. The van der Waals surface area contributed by atoms with Crippen LogP contribution in [0.4, 0.5) is 5.69 Å². The molecular weight excluding hydrogens is 372 g/mol. The summed E-state index contributed by atoms with van der Waals surface area (Å²) in [6.45, 7) is 9.65. The molecule has 0 radical (unpaired) electrons. The number of benzene rings is 1. The van der Waals surface area contributed by atoms with Crippen LogP contribution >= 0.6 is 11.6 Å². The summed E-state index contributed by atoms with van der Waals surface area (Å²) < 4.78 is 0. The van der Waals surface area contributed by atoms with E-state index in [-0.39, 0.29) is 28.1 Å². The van der Waals surface area contributed by atoms with Crippen molar-refractivity contribution in [2.45, 2.75) is 26.8 Å². The van der Waals surface area contributed by atoms with Crippen molar-refractivity contribution < 1.29 is 14.5 Å². The molecule has 0 saturated carbocycles. The monoisotopic (exact) mass is 396 g/mol. The Hall–Kier alpha value is -2.19. The first-order valence-electron chi connectivity index (χ1n) is 9.00. The highest BCUT2D eigenvalue weighted by molar-refractivity contribution is 6.34. The average molecular weight is 397 g/mol. The van der Waals surface area contributed by atoms with Crippen LogP contribution in [0.3, 0.4) is 0 Å². The second-order valence-corrected chi connectivity index (χ2v) is 7.28. The first-order chi connectivity index (χ1) is 12.7. The molecule has 1 heterocycles. The Bertz CT molecular complexity index is 717. The number of nitrogens with one attached hydrogen (secondary N) is 1. The van der Waals surface area contributed by atoms with Gasteiger partial charge < -0.3 is 15.1 Å². The molecule has 1 aromatic rings. The molecule has 148 valence electrons. The zero-order chi connectivity index (χ0) is 20.1. The lowest BCUT2D eigenvalue weighted by Crippen LogP contribution is -2.56. The SMILES string of the molecule is CCN1CCN(C(=O)C(NC(=O)c2ccc([N+](=O)[O-])cc2Cl)C(C)C)CC1. The Kier molecular flexibility index (Phi) is 7.15. The Labute approximate surface area is 163 Å². The minimum absolute atomic E-state index is 0.0202. The summed E-state index contributed by atoms with van der Waals surface area (Å²) in [5.74, 6) is -0.747. The van der Waals surface area contributed by atoms with E-state index in [0.717, 1.165) is 25.7 Å². The Balaban J connectivity index is 2.10. The van der Waals surface area contributed by atoms with Crippen molar-refractivity contribution in [3.8, 4) is 0 Å². The number of rotatable bonds is 6. The molecule has 1 aliphatic heterocycles. The molecule has 1 unspecified atom stereocenters. The minimum atomic E-state index is -0.683. The van der Waals surface area contributed by atoms with Gasteiger partial charge in [0, 0.05) is 38.3 Å². The fourth-order valence-electron chi connectivity index (χ4n) is 3.02. The Morgan fingerprint density at radius 2 is 1.89 bits per heavy atom. The topological polar surface area (TPSA) is 95.8 Å². The fraction of sp³-hybridized carbons (Fsp3) is 0.556. The normalized spacial score (nSPS) is 16.3. The molecule has 8 nitrogen and oxygen atoms in total. The quantitative estimate of drug-likeness (QED) is 0.587. The largest absolute Gasteiger partial charge is 0.340 e. The van der Waals surface area contributed by atoms with Crippen LogP contribution in [0.1, 0.15) is 31.1 Å². The first kappa shape index (κ1) is 21.1. The third-order valence-corrected chi connectivity index (χ3v) is 5.07. The fourth-order valence-corrected chi connectivity index (χ4v) is 3.28. The van der Waals surface area contributed by atoms with Gasteiger partial charge in [-0.1, -0.05) is 32.4 Å². The van der Waals surface area contributed by atoms with Crippen LogP contribution in [-0.4, -0.2) is 65.3 Å². The predicted octanol–water partition coefficient (Wildman–Crippen LogP) is 2.17. The number of carbonyl (C=O) groups is 2. The van der Waals surface area contributed by atoms with Crippen molar-refractivity contribution in [2.75, 3.05) is 32.7 Å². The highest BCUT2D eigenvalue weighted by atomic mass is 35.5. The molecule has 0 aromatic heterocycles. The molecule has 1 aliphatic rings. The molecule has 2 amide bonds. The molecule has 1 N–H and O–H groups in total. The number of non-ortho nitro benzene ring substituents is 1. The van der Waals surface area contributed by atoms with E-state index in [2.05, 4.69) is 17.1 Å². The molecule has 0 spiro atoms. The molecular formula is C18H25ClN4O4. The minimum Gasteiger partial charge on any atom is -0.340 e. The summed E-state index contributed by atoms with van der Waals surface area (Å²) in [6, 6.07) is 2.97. The number of carbonyl (C=O) groups excluding carboxylic acids is 2. The predicted molar refractivity (Wildman–Crippen MR) is 103 cm³/mol. The third-order valence-electron chi connectivity index (χ3n) is 4.76. The first-order valence-corrected chi connectivity index (χ1v) is 9.38. The van der Waals surface area contributed by atoms with E-state index in [4.69, 9.17) is 11.6 Å². The Morgan fingerprint density at radius 3 is 2.37 bits per heavy atom. The van der Waals surface area contributed by atoms with Crippen LogP contribution in [0, 0.1) is 16.0 Å². The molecule has 2 rings (SSSR count). The number of halogens is 1. The number of nitrogens with zero attached hydrogens (tertiary/aromatic N) is 3. The lowest BCUT2D eigenvalue weighted by Gasteiger charge is -2.36. The summed E-state index contributed by atoms with van der Waals surface area (Å²) in [5.41, 5.74) is -0.0849. The molecule has 1 aromatic carbocycles. The van der Waals surface area contributed by atoms with Crippen LogP contribution in [-0.2, 0) is 4.79 Å². The van der Waals surface area contributed by atoms with Crippen LogP contribution in [0.25, 0.3) is 0 Å². The zero-order valence-electron chi connectivity index (χ0n) is 15.8. The van der Waals surface area contributed by atoms with Gasteiger partial charge in [0.2, 0.25) is 5.91 Å². The van der Waals surface area contributed by atoms with Crippen molar-refractivity contribution in [3.05, 3.63) is 38.9 Å². The van der Waals surface area contributed by atoms with E-state index in [9.17, 15) is 19.7 Å². The molecule has 9 heteroatoms. The maximum atomic E-state index is 12.9. The molecule has 1 atom stereocenters. The number of hydrogen-bond donors (Lipinski definition) is 1. The molecule has 0 aliphatic carbocycles. The van der Waals surface area contributed by atoms with Gasteiger partial charge in [-0.15, -0.1) is 0 Å². The van der Waals surface area contributed by atoms with Crippen LogP contribution < -0.4 is 5.32 Å². The lowest BCUT2D eigenvalue weighted by atomic mass is 10.0. The van der Waals surface area contributed by atoms with E-state index in [1.165, 1.54) is 12.1 Å². The molecule has 1 fully saturated rings. The standard InChI is InChI=1S/C18H25ClN4O4/c1-4-21-7-9-22(10-8-21)18(25)16(12(2)3)20-17(24)14-6-5-13(23(26)27)11-15(14)19/h5-6,11-12,16H,4,7-10H2,1-3H3,(H,20,24). The molecule has 0 bridgehead atoms. The van der Waals surface area contributed by atoms with E-state index in [1.54, 1.807) is 4.90 Å². The van der Waals surface area contributed by atoms with Gasteiger partial charge in [0.05, 0.1) is 15.5 Å². The van der Waals surface area contributed by atoms with Gasteiger partial charge in [-0.05, 0) is 18.5 Å². The van der Waals surface area contributed by atoms with Gasteiger partial charge in [0.1, 0.15) is 6.04 Å². The average Bonchev–Trinajstić information content (AvgIpc) is 2.65. The van der Waals surface area contributed by atoms with Gasteiger partial charge in [0.15, 0.2) is 0 Å². The van der Waals surface area contributed by atoms with Gasteiger partial charge in [-0.3, -0.25) is 19.7 Å². The van der Waals surface area contributed by atoms with Gasteiger partial charge in [0.25, 0.3) is 11.6 Å². The summed E-state index contributed by atoms with van der Waals surface area (Å²) in [5, 5.41) is 13.5. The van der Waals surface area contributed by atoms with Crippen molar-refractivity contribution >= 4 is 29.1 Å². The maximum Gasteiger partial charge on any atom is 0.270 e. The smallest absolute Gasteiger partial charge is 0.270 e. The van der Waals surface area contributed by atoms with E-state index < -0.39 is 16.9 Å². The van der Waals surface area contributed by atoms with Crippen LogP contribution in [0.2, 0.25) is 5.02 Å². The van der Waals surface area contributed by atoms with Gasteiger partial charge in [-0.25, -0.2) is 0 Å². The lowest BCUT2D eigenvalue weighted by molar-refractivity contribution is -0.384. The number of nitro groups is 1. The van der Waals surface area contributed by atoms with Crippen molar-refractivity contribution in [3.63, 3.8) is 0 Å². The van der Waals surface area contributed by atoms with Crippen LogP contribution in [0.15, 0.2) is 18.2 Å². The Morgan fingerprint density at radius 1 is 1.26 bits per heavy atom. The second-order valence-electron chi connectivity index (χ2n) is 6.88. The zero-order valence-corrected chi connectivity index (χ0v) is 16.5. The van der Waals surface area contributed by atoms with Crippen molar-refractivity contribution in [1.82, 2.24) is 15.1 Å². The summed E-state index contributed by atoms with van der Waals surface area (Å²) in [6.07, 6.45) is 0. The van der Waals surface area contributed by atoms with Crippen molar-refractivity contribution in [2.24, 2.45) is 5.92 Å². The number of amides is 2. The second kappa shape index (κ2) is 9.14. The van der Waals surface area contributed by atoms with E-state index >= 15 is 0 Å². The highest BCUT2D eigenvalue weighted by Gasteiger charge is 2.31. The third kappa shape index (κ3) is 5.17. The summed E-state index contributed by atoms with van der Waals surface area (Å²) in [7, 11) is 0. The number of hydrogen-bond acceptors (Lipinski definition) is 5. The molecule has 1 saturated heterocycles. The highest BCUT2D eigenvalue weighted by Crippen LogP contribution is 2.23. The summed E-state index contributed by atoms with van der Waals surface area (Å²) in [4.78, 5) is 39.8. The number of piperazine rings is 1. The number of nitro benzene ring substituents is 1. The maximum absolute atomic E-state index is 12.9. The van der Waals surface area contributed by atoms with Crippen LogP contribution in [0.5, 0.6) is 0 Å². The van der Waals surface area contributed by atoms with E-state index in [1.807, 2.05) is 13.8 Å². The van der Waals surface area contributed by atoms with E-state index in [0.29, 0.717) is 13.1 Å². The van der Waals surface area contributed by atoms with Gasteiger partial charge >= 0.3 is 0 Å². The number of likely N-dealkylation sites (N-methyl/N-ethyl adjacent to an activating group) is 1.